The van der Waals surface area contributed by atoms with Gasteiger partial charge >= 0.3 is 0 Å². The number of aliphatic imine (C=N–C) groups is 1. The van der Waals surface area contributed by atoms with E-state index < -0.39 is 0 Å². The third kappa shape index (κ3) is 11.9. The lowest BCUT2D eigenvalue weighted by Crippen LogP contribution is -2.01. The highest BCUT2D eigenvalue weighted by Gasteiger charge is 1.98. The van der Waals surface area contributed by atoms with Crippen LogP contribution in [0.3, 0.4) is 0 Å². The minimum atomic E-state index is 0.335. The second-order valence-corrected chi connectivity index (χ2v) is 5.34. The van der Waals surface area contributed by atoms with Crippen LogP contribution in [0.2, 0.25) is 0 Å². The van der Waals surface area contributed by atoms with Crippen molar-refractivity contribution in [2.75, 3.05) is 18.1 Å². The maximum atomic E-state index is 8.60. The molecule has 0 fully saturated rings. The van der Waals surface area contributed by atoms with E-state index in [9.17, 15) is 0 Å². The summed E-state index contributed by atoms with van der Waals surface area (Å²) in [5.41, 5.74) is 1.18. The molecule has 1 N–H and O–H groups in total. The standard InChI is InChI=1S/C12H25NOS/c1-11(2)13-12(3)7-6-10-15-9-5-4-8-14/h12,14H,4-10H2,1-3H3. The van der Waals surface area contributed by atoms with Gasteiger partial charge in [-0.05, 0) is 58.0 Å². The van der Waals surface area contributed by atoms with Gasteiger partial charge in [0.05, 0.1) is 0 Å². The van der Waals surface area contributed by atoms with Gasteiger partial charge in [0.25, 0.3) is 0 Å². The molecule has 0 rings (SSSR count). The monoisotopic (exact) mass is 231 g/mol. The Bertz CT molecular complexity index is 167. The Hall–Kier alpha value is -0.0200. The summed E-state index contributed by atoms with van der Waals surface area (Å²) in [7, 11) is 0. The zero-order valence-electron chi connectivity index (χ0n) is 10.3. The normalized spacial score (nSPS) is 12.5. The first-order chi connectivity index (χ1) is 7.16. The molecule has 0 bridgehead atoms. The lowest BCUT2D eigenvalue weighted by atomic mass is 10.2. The van der Waals surface area contributed by atoms with Crippen molar-refractivity contribution in [1.82, 2.24) is 0 Å². The number of aliphatic hydroxyl groups excluding tert-OH is 1. The van der Waals surface area contributed by atoms with Gasteiger partial charge in [-0.3, -0.25) is 4.99 Å². The zero-order chi connectivity index (χ0) is 11.5. The van der Waals surface area contributed by atoms with Crippen LogP contribution < -0.4 is 0 Å². The molecular weight excluding hydrogens is 206 g/mol. The third-order valence-electron chi connectivity index (χ3n) is 2.09. The Morgan fingerprint density at radius 1 is 1.20 bits per heavy atom. The van der Waals surface area contributed by atoms with Crippen molar-refractivity contribution in [3.8, 4) is 0 Å². The van der Waals surface area contributed by atoms with Crippen LogP contribution in [0.15, 0.2) is 4.99 Å². The summed E-state index contributed by atoms with van der Waals surface area (Å²) in [5.74, 6) is 2.42. The summed E-state index contributed by atoms with van der Waals surface area (Å²) in [6.07, 6.45) is 4.53. The van der Waals surface area contributed by atoms with Crippen molar-refractivity contribution in [1.29, 1.82) is 0 Å². The zero-order valence-corrected chi connectivity index (χ0v) is 11.1. The highest BCUT2D eigenvalue weighted by Crippen LogP contribution is 2.10. The quantitative estimate of drug-likeness (QED) is 0.488. The Balaban J connectivity index is 3.20. The van der Waals surface area contributed by atoms with Gasteiger partial charge in [0.15, 0.2) is 0 Å². The Labute approximate surface area is 98.6 Å². The lowest BCUT2D eigenvalue weighted by molar-refractivity contribution is 0.287. The summed E-state index contributed by atoms with van der Waals surface area (Å²) in [4.78, 5) is 4.50. The molecule has 90 valence electrons. The Morgan fingerprint density at radius 3 is 2.47 bits per heavy atom. The molecule has 0 aliphatic heterocycles. The molecule has 0 spiro atoms. The largest absolute Gasteiger partial charge is 0.396 e. The van der Waals surface area contributed by atoms with Gasteiger partial charge < -0.3 is 5.11 Å². The van der Waals surface area contributed by atoms with E-state index in [-0.39, 0.29) is 0 Å². The minimum absolute atomic E-state index is 0.335. The van der Waals surface area contributed by atoms with Crippen LogP contribution in [0.1, 0.15) is 46.5 Å². The van der Waals surface area contributed by atoms with Crippen LogP contribution in [0, 0.1) is 0 Å². The fraction of sp³-hybridized carbons (Fsp3) is 0.917. The van der Waals surface area contributed by atoms with Crippen LogP contribution in [-0.2, 0) is 0 Å². The summed E-state index contributed by atoms with van der Waals surface area (Å²) in [6, 6.07) is 0.480. The number of unbranched alkanes of at least 4 members (excludes halogenated alkanes) is 1. The molecule has 1 unspecified atom stereocenters. The topological polar surface area (TPSA) is 32.6 Å². The van der Waals surface area contributed by atoms with E-state index in [1.54, 1.807) is 0 Å². The van der Waals surface area contributed by atoms with Gasteiger partial charge in [-0.1, -0.05) is 0 Å². The van der Waals surface area contributed by atoms with Crippen molar-refractivity contribution in [2.24, 2.45) is 4.99 Å². The minimum Gasteiger partial charge on any atom is -0.396 e. The van der Waals surface area contributed by atoms with Crippen LogP contribution in [0.25, 0.3) is 0 Å². The molecule has 0 aliphatic rings. The molecule has 3 heteroatoms. The number of aliphatic hydroxyl groups is 1. The molecule has 0 saturated carbocycles. The number of thioether (sulfide) groups is 1. The van der Waals surface area contributed by atoms with Gasteiger partial charge in [0.2, 0.25) is 0 Å². The lowest BCUT2D eigenvalue weighted by Gasteiger charge is -2.06. The highest BCUT2D eigenvalue weighted by atomic mass is 32.2. The second kappa shape index (κ2) is 10.5. The first kappa shape index (κ1) is 15.0. The predicted octanol–water partition coefficient (Wildman–Crippen LogP) is 3.14. The van der Waals surface area contributed by atoms with Gasteiger partial charge in [-0.2, -0.15) is 11.8 Å². The van der Waals surface area contributed by atoms with Crippen molar-refractivity contribution in [2.45, 2.75) is 52.5 Å². The average Bonchev–Trinajstić information content (AvgIpc) is 2.15. The third-order valence-corrected chi connectivity index (χ3v) is 3.24. The van der Waals surface area contributed by atoms with E-state index in [1.807, 2.05) is 11.8 Å². The van der Waals surface area contributed by atoms with Crippen molar-refractivity contribution < 1.29 is 5.11 Å². The molecule has 0 saturated heterocycles. The first-order valence-electron chi connectivity index (χ1n) is 5.86. The first-order valence-corrected chi connectivity index (χ1v) is 7.02. The summed E-state index contributed by atoms with van der Waals surface area (Å²) >= 11 is 1.99. The summed E-state index contributed by atoms with van der Waals surface area (Å²) in [5, 5.41) is 8.60. The molecular formula is C12H25NOS. The molecule has 0 heterocycles. The summed E-state index contributed by atoms with van der Waals surface area (Å²) in [6.45, 7) is 6.63. The number of hydrogen-bond acceptors (Lipinski definition) is 3. The van der Waals surface area contributed by atoms with E-state index in [4.69, 9.17) is 5.11 Å². The Morgan fingerprint density at radius 2 is 1.87 bits per heavy atom. The van der Waals surface area contributed by atoms with Crippen molar-refractivity contribution in [3.63, 3.8) is 0 Å². The number of rotatable bonds is 9. The molecule has 0 aromatic heterocycles. The second-order valence-electron chi connectivity index (χ2n) is 4.11. The molecule has 15 heavy (non-hydrogen) atoms. The van der Waals surface area contributed by atoms with Gasteiger partial charge in [0.1, 0.15) is 0 Å². The van der Waals surface area contributed by atoms with Crippen LogP contribution in [0.4, 0.5) is 0 Å². The van der Waals surface area contributed by atoms with Crippen LogP contribution >= 0.6 is 11.8 Å². The molecule has 0 radical (unpaired) electrons. The molecule has 0 aliphatic carbocycles. The highest BCUT2D eigenvalue weighted by molar-refractivity contribution is 7.99. The van der Waals surface area contributed by atoms with Crippen LogP contribution in [0.5, 0.6) is 0 Å². The predicted molar refractivity (Wildman–Crippen MR) is 71.1 cm³/mol. The molecule has 0 aromatic rings. The molecule has 0 amide bonds. The molecule has 0 aromatic carbocycles. The van der Waals surface area contributed by atoms with E-state index in [0.717, 1.165) is 12.8 Å². The average molecular weight is 231 g/mol. The maximum Gasteiger partial charge on any atom is 0.0470 e. The smallest absolute Gasteiger partial charge is 0.0470 e. The number of nitrogens with zero attached hydrogens (tertiary/aromatic N) is 1. The summed E-state index contributed by atoms with van der Waals surface area (Å²) < 4.78 is 0. The fourth-order valence-corrected chi connectivity index (χ4v) is 2.39. The van der Waals surface area contributed by atoms with E-state index >= 15 is 0 Å². The van der Waals surface area contributed by atoms with Crippen LogP contribution in [-0.4, -0.2) is 35.0 Å². The maximum absolute atomic E-state index is 8.60. The molecule has 1 atom stereocenters. The Kier molecular flexibility index (Phi) is 10.5. The van der Waals surface area contributed by atoms with E-state index in [0.29, 0.717) is 12.6 Å². The fourth-order valence-electron chi connectivity index (χ4n) is 1.40. The number of hydrogen-bond donors (Lipinski definition) is 1. The van der Waals surface area contributed by atoms with Crippen molar-refractivity contribution >= 4 is 17.5 Å². The molecule has 2 nitrogen and oxygen atoms in total. The van der Waals surface area contributed by atoms with Crippen molar-refractivity contribution in [3.05, 3.63) is 0 Å². The van der Waals surface area contributed by atoms with E-state index in [2.05, 4.69) is 25.8 Å². The SMILES string of the molecule is CC(C)=NC(C)CCCSCCCCO. The van der Waals surface area contributed by atoms with Gasteiger partial charge in [-0.25, -0.2) is 0 Å². The van der Waals surface area contributed by atoms with E-state index in [1.165, 1.54) is 30.1 Å². The van der Waals surface area contributed by atoms with Gasteiger partial charge in [0, 0.05) is 18.4 Å². The van der Waals surface area contributed by atoms with Gasteiger partial charge in [-0.15, -0.1) is 0 Å².